The topological polar surface area (TPSA) is 130 Å². The predicted octanol–water partition coefficient (Wildman–Crippen LogP) is 3.43. The minimum Gasteiger partial charge on any atom is -0.458 e. The Morgan fingerprint density at radius 2 is 1.13 bits per heavy atom. The van der Waals surface area contributed by atoms with Crippen LogP contribution in [0.15, 0.2) is 24.3 Å². The van der Waals surface area contributed by atoms with Crippen molar-refractivity contribution < 1.29 is 19.1 Å². The molecular weight excluding hydrogens is 384 g/mol. The lowest BCUT2D eigenvalue weighted by atomic mass is 9.90. The molecule has 2 aliphatic rings. The number of anilines is 2. The molecule has 0 saturated carbocycles. The second kappa shape index (κ2) is 8.69. The molecule has 30 heavy (non-hydrogen) atoms. The second-order valence-electron chi connectivity index (χ2n) is 7.59. The van der Waals surface area contributed by atoms with Crippen LogP contribution in [-0.4, -0.2) is 34.1 Å². The summed E-state index contributed by atoms with van der Waals surface area (Å²) in [5.41, 5.74) is 13.9. The van der Waals surface area contributed by atoms with E-state index in [1.807, 2.05) is 13.8 Å². The van der Waals surface area contributed by atoms with Crippen LogP contribution in [0.3, 0.4) is 0 Å². The number of cyclic esters (lactones) is 2. The van der Waals surface area contributed by atoms with Gasteiger partial charge >= 0.3 is 11.9 Å². The van der Waals surface area contributed by atoms with Crippen LogP contribution in [0.5, 0.6) is 0 Å². The van der Waals surface area contributed by atoms with Crippen molar-refractivity contribution in [1.29, 1.82) is 0 Å². The van der Waals surface area contributed by atoms with Crippen LogP contribution in [0.1, 0.15) is 84.5 Å². The van der Waals surface area contributed by atoms with Crippen LogP contribution >= 0.6 is 0 Å². The van der Waals surface area contributed by atoms with Gasteiger partial charge in [0.1, 0.15) is 23.8 Å². The molecule has 8 heteroatoms. The third-order valence-corrected chi connectivity index (χ3v) is 5.63. The van der Waals surface area contributed by atoms with Gasteiger partial charge in [-0.05, 0) is 51.0 Å². The number of carbonyl (C=O) groups excluding carboxylic acids is 2. The van der Waals surface area contributed by atoms with E-state index >= 15 is 0 Å². The molecule has 0 radical (unpaired) electrons. The summed E-state index contributed by atoms with van der Waals surface area (Å²) in [5.74, 6) is 0.620. The third-order valence-electron chi connectivity index (χ3n) is 5.63. The van der Waals surface area contributed by atoms with E-state index in [-0.39, 0.29) is 36.0 Å². The molecule has 0 bridgehead atoms. The van der Waals surface area contributed by atoms with Crippen LogP contribution in [-0.2, 0) is 9.47 Å². The Balaban J connectivity index is 0.000000171. The number of ether oxygens (including phenoxy) is 2. The number of carbonyl (C=O) groups is 2. The lowest BCUT2D eigenvalue weighted by Crippen LogP contribution is -2.30. The number of fused-ring (bicyclic) bond motifs is 2. The van der Waals surface area contributed by atoms with Crippen molar-refractivity contribution in [2.75, 3.05) is 11.5 Å². The number of esters is 2. The van der Waals surface area contributed by atoms with E-state index in [0.29, 0.717) is 22.8 Å². The first-order valence-electron chi connectivity index (χ1n) is 10.2. The third kappa shape index (κ3) is 4.08. The maximum atomic E-state index is 11.6. The first kappa shape index (κ1) is 21.5. The number of nitrogens with zero attached hydrogens (tertiary/aromatic N) is 2. The van der Waals surface area contributed by atoms with Gasteiger partial charge in [0.15, 0.2) is 0 Å². The van der Waals surface area contributed by atoms with Gasteiger partial charge in [0.05, 0.1) is 22.5 Å². The average Bonchev–Trinajstić information content (AvgIpc) is 2.68. The minimum atomic E-state index is -0.297. The van der Waals surface area contributed by atoms with E-state index in [2.05, 4.69) is 23.8 Å². The highest BCUT2D eigenvalue weighted by atomic mass is 16.5. The summed E-state index contributed by atoms with van der Waals surface area (Å²) in [4.78, 5) is 31.6. The number of aromatic nitrogens is 2. The van der Waals surface area contributed by atoms with Crippen molar-refractivity contribution in [2.45, 2.75) is 64.6 Å². The van der Waals surface area contributed by atoms with Gasteiger partial charge < -0.3 is 20.9 Å². The molecule has 0 aliphatic carbocycles. The van der Waals surface area contributed by atoms with E-state index in [1.165, 1.54) is 0 Å². The molecule has 2 aromatic heterocycles. The molecule has 0 amide bonds. The number of hydrogen-bond acceptors (Lipinski definition) is 8. The number of nitrogen functional groups attached to an aromatic ring is 2. The summed E-state index contributed by atoms with van der Waals surface area (Å²) < 4.78 is 10.5. The fourth-order valence-corrected chi connectivity index (χ4v) is 4.02. The first-order valence-corrected chi connectivity index (χ1v) is 10.2. The predicted molar refractivity (Wildman–Crippen MR) is 113 cm³/mol. The number of rotatable bonds is 2. The molecular formula is C22H28N4O4. The van der Waals surface area contributed by atoms with E-state index in [9.17, 15) is 9.59 Å². The highest BCUT2D eigenvalue weighted by Gasteiger charge is 2.34. The number of pyridine rings is 2. The molecule has 4 rings (SSSR count). The lowest BCUT2D eigenvalue weighted by molar-refractivity contribution is 0.0205. The standard InChI is InChI=1S/2C11H14N2O2/c2*1-3-7-6(2)15-11(14)8-4-5-9(12)13-10(7)8/h2*4-7H,3H2,1-2H3,(H2,12,13)/t2*6-,7+/m10/s1. The van der Waals surface area contributed by atoms with Gasteiger partial charge in [0, 0.05) is 11.8 Å². The Hall–Kier alpha value is -3.16. The largest absolute Gasteiger partial charge is 0.458 e. The molecule has 160 valence electrons. The second-order valence-corrected chi connectivity index (χ2v) is 7.59. The molecule has 0 fully saturated rings. The summed E-state index contributed by atoms with van der Waals surface area (Å²) in [6.07, 6.45) is 1.53. The Morgan fingerprint density at radius 3 is 1.47 bits per heavy atom. The summed E-state index contributed by atoms with van der Waals surface area (Å²) in [6.45, 7) is 7.88. The lowest BCUT2D eigenvalue weighted by Gasteiger charge is -2.29. The van der Waals surface area contributed by atoms with Crippen LogP contribution < -0.4 is 11.5 Å². The fourth-order valence-electron chi connectivity index (χ4n) is 4.02. The summed E-state index contributed by atoms with van der Waals surface area (Å²) >= 11 is 0. The average molecular weight is 412 g/mol. The van der Waals surface area contributed by atoms with Crippen LogP contribution in [0.2, 0.25) is 0 Å². The van der Waals surface area contributed by atoms with E-state index in [1.54, 1.807) is 24.3 Å². The molecule has 4 heterocycles. The fraction of sp³-hybridized carbons (Fsp3) is 0.455. The molecule has 0 unspecified atom stereocenters. The molecule has 2 aliphatic heterocycles. The summed E-state index contributed by atoms with van der Waals surface area (Å²) in [7, 11) is 0. The van der Waals surface area contributed by atoms with E-state index < -0.39 is 0 Å². The van der Waals surface area contributed by atoms with Crippen molar-refractivity contribution in [3.8, 4) is 0 Å². The maximum absolute atomic E-state index is 11.6. The van der Waals surface area contributed by atoms with Crippen LogP contribution in [0.4, 0.5) is 11.6 Å². The normalized spacial score (nSPS) is 24.5. The monoisotopic (exact) mass is 412 g/mol. The van der Waals surface area contributed by atoms with E-state index in [4.69, 9.17) is 20.9 Å². The summed E-state index contributed by atoms with van der Waals surface area (Å²) in [5, 5.41) is 0. The maximum Gasteiger partial charge on any atom is 0.340 e. The molecule has 4 atom stereocenters. The van der Waals surface area contributed by atoms with Gasteiger partial charge in [0.25, 0.3) is 0 Å². The molecule has 8 nitrogen and oxygen atoms in total. The quantitative estimate of drug-likeness (QED) is 0.717. The molecule has 0 aromatic carbocycles. The Morgan fingerprint density at radius 1 is 0.767 bits per heavy atom. The Kier molecular flexibility index (Phi) is 6.24. The number of hydrogen-bond donors (Lipinski definition) is 2. The first-order chi connectivity index (χ1) is 14.3. The van der Waals surface area contributed by atoms with Gasteiger partial charge in [-0.3, -0.25) is 0 Å². The van der Waals surface area contributed by atoms with Gasteiger partial charge in [0.2, 0.25) is 0 Å². The SMILES string of the molecule is CC[C@@H]1c2nc(N)ccc2C(=O)O[C@@H]1C.CC[C@H]1c2nc(N)ccc2C(=O)O[C@H]1C. The highest BCUT2D eigenvalue weighted by molar-refractivity contribution is 5.92. The zero-order valence-corrected chi connectivity index (χ0v) is 17.7. The highest BCUT2D eigenvalue weighted by Crippen LogP contribution is 2.33. The van der Waals surface area contributed by atoms with Gasteiger partial charge in [-0.25, -0.2) is 19.6 Å². The Labute approximate surface area is 176 Å². The van der Waals surface area contributed by atoms with Crippen LogP contribution in [0.25, 0.3) is 0 Å². The van der Waals surface area contributed by atoms with Crippen molar-refractivity contribution in [1.82, 2.24) is 9.97 Å². The Bertz CT molecular complexity index is 885. The summed E-state index contributed by atoms with van der Waals surface area (Å²) in [6, 6.07) is 6.63. The van der Waals surface area contributed by atoms with Crippen LogP contribution in [0, 0.1) is 0 Å². The molecule has 0 saturated heterocycles. The van der Waals surface area contributed by atoms with Crippen molar-refractivity contribution in [3.05, 3.63) is 46.8 Å². The van der Waals surface area contributed by atoms with Gasteiger partial charge in [-0.2, -0.15) is 0 Å². The zero-order chi connectivity index (χ0) is 22.0. The minimum absolute atomic E-state index is 0.121. The molecule has 2 aromatic rings. The van der Waals surface area contributed by atoms with E-state index in [0.717, 1.165) is 24.2 Å². The van der Waals surface area contributed by atoms with Crippen molar-refractivity contribution in [3.63, 3.8) is 0 Å². The molecule has 0 spiro atoms. The zero-order valence-electron chi connectivity index (χ0n) is 17.7. The van der Waals surface area contributed by atoms with Gasteiger partial charge in [-0.1, -0.05) is 13.8 Å². The number of nitrogens with two attached hydrogens (primary N) is 2. The van der Waals surface area contributed by atoms with Crippen molar-refractivity contribution in [2.24, 2.45) is 0 Å². The molecule has 4 N–H and O–H groups in total. The van der Waals surface area contributed by atoms with Gasteiger partial charge in [-0.15, -0.1) is 0 Å². The van der Waals surface area contributed by atoms with Crippen molar-refractivity contribution >= 4 is 23.6 Å². The smallest absolute Gasteiger partial charge is 0.340 e.